The molecule has 35 heavy (non-hydrogen) atoms. The molecule has 1 fully saturated rings. The van der Waals surface area contributed by atoms with Crippen molar-refractivity contribution in [1.29, 1.82) is 0 Å². The molecule has 0 radical (unpaired) electrons. The molecule has 1 aromatic heterocycles. The lowest BCUT2D eigenvalue weighted by Crippen LogP contribution is -2.15. The van der Waals surface area contributed by atoms with Gasteiger partial charge in [0.25, 0.3) is 0 Å². The molecule has 4 heteroatoms. The highest BCUT2D eigenvalue weighted by Crippen LogP contribution is 2.41. The number of esters is 1. The summed E-state index contributed by atoms with van der Waals surface area (Å²) >= 11 is 0. The van der Waals surface area contributed by atoms with Gasteiger partial charge in [0.15, 0.2) is 6.10 Å². The van der Waals surface area contributed by atoms with Crippen LogP contribution in [0.5, 0.6) is 5.75 Å². The molecule has 4 nitrogen and oxygen atoms in total. The molecule has 0 saturated carbocycles. The summed E-state index contributed by atoms with van der Waals surface area (Å²) in [6.07, 6.45) is 10.4. The Morgan fingerprint density at radius 3 is 2.31 bits per heavy atom. The lowest BCUT2D eigenvalue weighted by molar-refractivity contribution is -0.135. The molecule has 0 amide bonds. The number of furan rings is 1. The smallest absolute Gasteiger partial charge is 0.343 e. The van der Waals surface area contributed by atoms with E-state index < -0.39 is 6.10 Å². The van der Waals surface area contributed by atoms with Crippen LogP contribution < -0.4 is 4.74 Å². The fraction of sp³-hybridized carbons (Fsp3) is 0.323. The molecular formula is C31H32O4. The van der Waals surface area contributed by atoms with E-state index in [-0.39, 0.29) is 12.1 Å². The maximum Gasteiger partial charge on any atom is 0.343 e. The van der Waals surface area contributed by atoms with Crippen LogP contribution in [0.15, 0.2) is 89.5 Å². The Morgan fingerprint density at radius 1 is 0.743 bits per heavy atom. The van der Waals surface area contributed by atoms with Gasteiger partial charge in [0.05, 0.1) is 6.26 Å². The van der Waals surface area contributed by atoms with Crippen molar-refractivity contribution in [3.8, 4) is 5.75 Å². The Kier molecular flexibility index (Phi) is 7.59. The first-order valence-electron chi connectivity index (χ1n) is 12.7. The van der Waals surface area contributed by atoms with Crippen LogP contribution in [0, 0.1) is 0 Å². The summed E-state index contributed by atoms with van der Waals surface area (Å²) in [7, 11) is 0. The van der Waals surface area contributed by atoms with Gasteiger partial charge in [0.2, 0.25) is 0 Å². The molecule has 2 unspecified atom stereocenters. The van der Waals surface area contributed by atoms with E-state index in [4.69, 9.17) is 13.9 Å². The van der Waals surface area contributed by atoms with Crippen molar-refractivity contribution in [3.05, 3.63) is 102 Å². The van der Waals surface area contributed by atoms with Crippen molar-refractivity contribution in [2.75, 3.05) is 0 Å². The van der Waals surface area contributed by atoms with E-state index in [0.29, 0.717) is 5.75 Å². The standard InChI is InChI=1S/C31H32O4/c32-31(34-27-20-19-23-12-7-8-15-25(23)22-27)30-29(35-30)28-18-10-9-14-24(28)13-5-3-1-2-4-6-16-26-17-11-21-33-26/h7-12,14-15,17-22,29-30H,1-6,13,16H2. The second kappa shape index (κ2) is 11.4. The molecule has 1 saturated heterocycles. The van der Waals surface area contributed by atoms with Gasteiger partial charge in [-0.25, -0.2) is 4.79 Å². The van der Waals surface area contributed by atoms with Crippen molar-refractivity contribution in [2.24, 2.45) is 0 Å². The maximum atomic E-state index is 12.7. The van der Waals surface area contributed by atoms with Gasteiger partial charge in [-0.15, -0.1) is 0 Å². The minimum atomic E-state index is -0.531. The third-order valence-corrected chi connectivity index (χ3v) is 6.72. The van der Waals surface area contributed by atoms with E-state index in [1.54, 1.807) is 6.26 Å². The summed E-state index contributed by atoms with van der Waals surface area (Å²) < 4.78 is 16.8. The molecule has 4 aromatic rings. The van der Waals surface area contributed by atoms with Crippen molar-refractivity contribution in [1.82, 2.24) is 0 Å². The normalized spacial score (nSPS) is 16.9. The summed E-state index contributed by atoms with van der Waals surface area (Å²) in [5.74, 6) is 1.32. The van der Waals surface area contributed by atoms with Crippen LogP contribution in [0.2, 0.25) is 0 Å². The highest BCUT2D eigenvalue weighted by atomic mass is 16.6. The van der Waals surface area contributed by atoms with Crippen LogP contribution in [0.4, 0.5) is 0 Å². The molecular weight excluding hydrogens is 436 g/mol. The lowest BCUT2D eigenvalue weighted by Gasteiger charge is -2.08. The number of ether oxygens (including phenoxy) is 2. The Balaban J connectivity index is 1.06. The minimum Gasteiger partial charge on any atom is -0.469 e. The van der Waals surface area contributed by atoms with Gasteiger partial charge in [0, 0.05) is 6.42 Å². The molecule has 2 atom stereocenters. The van der Waals surface area contributed by atoms with Crippen LogP contribution in [0.3, 0.4) is 0 Å². The molecule has 5 rings (SSSR count). The number of carbonyl (C=O) groups excluding carboxylic acids is 1. The number of hydrogen-bond acceptors (Lipinski definition) is 4. The fourth-order valence-electron chi connectivity index (χ4n) is 4.75. The highest BCUT2D eigenvalue weighted by Gasteiger charge is 2.48. The van der Waals surface area contributed by atoms with E-state index in [0.717, 1.165) is 41.4 Å². The quantitative estimate of drug-likeness (QED) is 0.0929. The molecule has 0 bridgehead atoms. The number of epoxide rings is 1. The molecule has 1 aliphatic rings. The number of hydrogen-bond donors (Lipinski definition) is 0. The van der Waals surface area contributed by atoms with Crippen LogP contribution in [0.1, 0.15) is 61.5 Å². The molecule has 3 aromatic carbocycles. The predicted molar refractivity (Wildman–Crippen MR) is 137 cm³/mol. The minimum absolute atomic E-state index is 0.208. The van der Waals surface area contributed by atoms with E-state index in [1.165, 1.54) is 37.7 Å². The van der Waals surface area contributed by atoms with Crippen LogP contribution in [0.25, 0.3) is 10.8 Å². The first kappa shape index (κ1) is 23.4. The van der Waals surface area contributed by atoms with Gasteiger partial charge in [-0.1, -0.05) is 80.3 Å². The van der Waals surface area contributed by atoms with E-state index in [2.05, 4.69) is 24.3 Å². The van der Waals surface area contributed by atoms with Gasteiger partial charge in [0.1, 0.15) is 17.6 Å². The largest absolute Gasteiger partial charge is 0.469 e. The van der Waals surface area contributed by atoms with Crippen LogP contribution in [-0.2, 0) is 22.4 Å². The summed E-state index contributed by atoms with van der Waals surface area (Å²) in [5, 5.41) is 2.17. The predicted octanol–water partition coefficient (Wildman–Crippen LogP) is 7.60. The SMILES string of the molecule is O=C(Oc1ccc2ccccc2c1)C1OC1c1ccccc1CCCCCCCCc1ccco1. The van der Waals surface area contributed by atoms with Crippen molar-refractivity contribution >= 4 is 16.7 Å². The Labute approximate surface area is 206 Å². The Hall–Kier alpha value is -3.37. The summed E-state index contributed by atoms with van der Waals surface area (Å²) in [5.41, 5.74) is 2.39. The second-order valence-electron chi connectivity index (χ2n) is 9.31. The highest BCUT2D eigenvalue weighted by molar-refractivity contribution is 5.86. The van der Waals surface area contributed by atoms with Gasteiger partial charge < -0.3 is 13.9 Å². The number of benzene rings is 3. The van der Waals surface area contributed by atoms with Crippen molar-refractivity contribution in [2.45, 2.75) is 63.6 Å². The summed E-state index contributed by atoms with van der Waals surface area (Å²) in [6, 6.07) is 26.1. The second-order valence-corrected chi connectivity index (χ2v) is 9.31. The topological polar surface area (TPSA) is 52.0 Å². The Morgan fingerprint density at radius 2 is 1.49 bits per heavy atom. The third-order valence-electron chi connectivity index (χ3n) is 6.72. The number of carbonyl (C=O) groups is 1. The molecule has 180 valence electrons. The van der Waals surface area contributed by atoms with E-state index >= 15 is 0 Å². The zero-order valence-corrected chi connectivity index (χ0v) is 20.0. The fourth-order valence-corrected chi connectivity index (χ4v) is 4.75. The molecule has 0 N–H and O–H groups in total. The zero-order valence-electron chi connectivity index (χ0n) is 20.0. The lowest BCUT2D eigenvalue weighted by atomic mass is 9.97. The number of aryl methyl sites for hydroxylation is 2. The zero-order chi connectivity index (χ0) is 23.9. The molecule has 1 aliphatic heterocycles. The van der Waals surface area contributed by atoms with Gasteiger partial charge in [-0.05, 0) is 65.4 Å². The number of rotatable bonds is 12. The van der Waals surface area contributed by atoms with Gasteiger partial charge in [-0.2, -0.15) is 0 Å². The van der Waals surface area contributed by atoms with Gasteiger partial charge >= 0.3 is 5.97 Å². The Bertz CT molecular complexity index is 1240. The summed E-state index contributed by atoms with van der Waals surface area (Å²) in [4.78, 5) is 12.7. The number of fused-ring (bicyclic) bond motifs is 1. The average molecular weight is 469 g/mol. The van der Waals surface area contributed by atoms with E-state index in [9.17, 15) is 4.79 Å². The molecule has 0 aliphatic carbocycles. The van der Waals surface area contributed by atoms with Crippen LogP contribution in [-0.4, -0.2) is 12.1 Å². The summed E-state index contributed by atoms with van der Waals surface area (Å²) in [6.45, 7) is 0. The van der Waals surface area contributed by atoms with Crippen LogP contribution >= 0.6 is 0 Å². The van der Waals surface area contributed by atoms with Crippen molar-refractivity contribution in [3.63, 3.8) is 0 Å². The van der Waals surface area contributed by atoms with Crippen molar-refractivity contribution < 1.29 is 18.7 Å². The molecule has 0 spiro atoms. The first-order chi connectivity index (χ1) is 17.3. The van der Waals surface area contributed by atoms with Gasteiger partial charge in [-0.3, -0.25) is 0 Å². The third kappa shape index (κ3) is 6.20. The maximum absolute atomic E-state index is 12.7. The number of unbranched alkanes of at least 4 members (excludes halogenated alkanes) is 5. The van der Waals surface area contributed by atoms with E-state index in [1.807, 2.05) is 54.6 Å². The average Bonchev–Trinajstić information content (AvgIpc) is 3.52. The first-order valence-corrected chi connectivity index (χ1v) is 12.7. The monoisotopic (exact) mass is 468 g/mol. The molecule has 2 heterocycles.